The second-order valence-corrected chi connectivity index (χ2v) is 4.87. The highest BCUT2D eigenvalue weighted by Crippen LogP contribution is 2.24. The lowest BCUT2D eigenvalue weighted by Gasteiger charge is -2.09. The molecule has 18 heavy (non-hydrogen) atoms. The van der Waals surface area contributed by atoms with Crippen LogP contribution in [0.5, 0.6) is 5.75 Å². The lowest BCUT2D eigenvalue weighted by molar-refractivity contribution is -0.118. The molecule has 5 nitrogen and oxygen atoms in total. The number of nitrogens with two attached hydrogens (primary N) is 2. The number of carbonyl (C=O) groups excluding carboxylic acids is 2. The summed E-state index contributed by atoms with van der Waals surface area (Å²) in [4.78, 5) is 24.3. The Kier molecular flexibility index (Phi) is 3.42. The highest BCUT2D eigenvalue weighted by atomic mass is 32.1. The first-order chi connectivity index (χ1) is 8.50. The Bertz CT molecular complexity index is 599. The van der Waals surface area contributed by atoms with Crippen molar-refractivity contribution in [2.24, 2.45) is 11.5 Å². The molecule has 4 N–H and O–H groups in total. The first-order valence-corrected chi connectivity index (χ1v) is 6.09. The van der Waals surface area contributed by atoms with Crippen molar-refractivity contribution in [2.75, 3.05) is 0 Å². The van der Waals surface area contributed by atoms with E-state index in [1.165, 1.54) is 0 Å². The number of hydrogen-bond acceptors (Lipinski definition) is 3. The third-order valence-electron chi connectivity index (χ3n) is 2.45. The van der Waals surface area contributed by atoms with E-state index in [0.29, 0.717) is 11.3 Å². The molecule has 0 aromatic heterocycles. The highest BCUT2D eigenvalue weighted by Gasteiger charge is 2.32. The first kappa shape index (κ1) is 12.7. The van der Waals surface area contributed by atoms with Gasteiger partial charge in [-0.3, -0.25) is 21.1 Å². The van der Waals surface area contributed by atoms with Crippen LogP contribution in [0.4, 0.5) is 0 Å². The number of benzene rings is 1. The molecule has 1 atom stereocenters. The summed E-state index contributed by atoms with van der Waals surface area (Å²) in [5.74, 6) is -0.414. The molecule has 0 fully saturated rings. The normalized spacial score (nSPS) is 18.8. The summed E-state index contributed by atoms with van der Waals surface area (Å²) in [6, 6.07) is 6.71. The SMILES string of the molecule is CC1Oc2ccccc2C(=O)C(=S=C(N)N)C1=O. The van der Waals surface area contributed by atoms with E-state index in [9.17, 15) is 9.59 Å². The molecule has 0 amide bonds. The zero-order valence-corrected chi connectivity index (χ0v) is 10.5. The number of carbonyl (C=O) groups is 2. The molecule has 0 radical (unpaired) electrons. The molecule has 0 aliphatic carbocycles. The van der Waals surface area contributed by atoms with Gasteiger partial charge in [-0.15, -0.1) is 10.9 Å². The van der Waals surface area contributed by atoms with Crippen molar-refractivity contribution in [2.45, 2.75) is 13.0 Å². The molecule has 1 heterocycles. The number of ether oxygens (including phenoxy) is 1. The topological polar surface area (TPSA) is 95.4 Å². The Labute approximate surface area is 107 Å². The maximum absolute atomic E-state index is 12.2. The van der Waals surface area contributed by atoms with Crippen LogP contribution in [-0.2, 0) is 4.79 Å². The Hall–Kier alpha value is -1.76. The van der Waals surface area contributed by atoms with Crippen LogP contribution in [0.3, 0.4) is 0 Å². The minimum absolute atomic E-state index is 0.00699. The van der Waals surface area contributed by atoms with E-state index in [4.69, 9.17) is 16.2 Å². The molecule has 6 heteroatoms. The fourth-order valence-electron chi connectivity index (χ4n) is 1.63. The van der Waals surface area contributed by atoms with Gasteiger partial charge in [0.15, 0.2) is 6.10 Å². The quantitative estimate of drug-likeness (QED) is 0.649. The van der Waals surface area contributed by atoms with Crippen LogP contribution in [-0.4, -0.2) is 27.6 Å². The number of para-hydroxylation sites is 1. The van der Waals surface area contributed by atoms with Crippen molar-refractivity contribution in [3.05, 3.63) is 29.8 Å². The fraction of sp³-hybridized carbons (Fsp3) is 0.167. The van der Waals surface area contributed by atoms with Gasteiger partial charge in [0.2, 0.25) is 11.6 Å². The summed E-state index contributed by atoms with van der Waals surface area (Å²) in [5.41, 5.74) is 11.1. The molecule has 94 valence electrons. The molecule has 1 aliphatic heterocycles. The van der Waals surface area contributed by atoms with Crippen molar-refractivity contribution in [1.29, 1.82) is 0 Å². The van der Waals surface area contributed by atoms with Crippen molar-refractivity contribution >= 4 is 32.5 Å². The van der Waals surface area contributed by atoms with Gasteiger partial charge in [-0.1, -0.05) is 12.1 Å². The van der Waals surface area contributed by atoms with Gasteiger partial charge in [0.1, 0.15) is 15.7 Å². The van der Waals surface area contributed by atoms with Crippen LogP contribution in [0.2, 0.25) is 0 Å². The van der Waals surface area contributed by atoms with E-state index >= 15 is 0 Å². The van der Waals surface area contributed by atoms with Gasteiger partial charge < -0.3 is 4.74 Å². The number of Topliss-reactive ketones (excluding diaryl/α,β-unsaturated/α-hetero) is 2. The Morgan fingerprint density at radius 3 is 2.61 bits per heavy atom. The van der Waals surface area contributed by atoms with E-state index in [2.05, 4.69) is 0 Å². The van der Waals surface area contributed by atoms with Crippen LogP contribution >= 0.6 is 10.9 Å². The average molecular weight is 264 g/mol. The van der Waals surface area contributed by atoms with Gasteiger partial charge in [0.05, 0.1) is 5.56 Å². The van der Waals surface area contributed by atoms with Crippen LogP contribution in [0, 0.1) is 0 Å². The minimum atomic E-state index is -0.737. The second kappa shape index (κ2) is 4.85. The molecule has 1 aromatic carbocycles. The van der Waals surface area contributed by atoms with E-state index in [1.807, 2.05) is 0 Å². The highest BCUT2D eigenvalue weighted by molar-refractivity contribution is 8.00. The van der Waals surface area contributed by atoms with Crippen molar-refractivity contribution in [3.63, 3.8) is 0 Å². The van der Waals surface area contributed by atoms with Crippen LogP contribution in [0.25, 0.3) is 0 Å². The van der Waals surface area contributed by atoms with Crippen LogP contribution in [0.15, 0.2) is 24.3 Å². The largest absolute Gasteiger partial charge is 0.482 e. The zero-order chi connectivity index (χ0) is 13.3. The van der Waals surface area contributed by atoms with Crippen molar-refractivity contribution in [1.82, 2.24) is 0 Å². The zero-order valence-electron chi connectivity index (χ0n) is 9.67. The van der Waals surface area contributed by atoms with Gasteiger partial charge in [0.25, 0.3) is 0 Å². The number of fused-ring (bicyclic) bond motifs is 1. The molecule has 0 bridgehead atoms. The summed E-state index contributed by atoms with van der Waals surface area (Å²) in [6.07, 6.45) is -0.737. The standard InChI is InChI=1S/C12H12N2O3S/c1-6-9(15)11(18-12(13)14)10(16)7-4-2-3-5-8(7)17-6/h2-6H,13-14H2,1H3. The molecule has 0 saturated heterocycles. The number of rotatable bonds is 0. The molecule has 0 saturated carbocycles. The van der Waals surface area contributed by atoms with Crippen molar-refractivity contribution < 1.29 is 14.3 Å². The van der Waals surface area contributed by atoms with Crippen LogP contribution in [0.1, 0.15) is 17.3 Å². The van der Waals surface area contributed by atoms with Gasteiger partial charge in [0, 0.05) is 0 Å². The van der Waals surface area contributed by atoms with Gasteiger partial charge >= 0.3 is 0 Å². The minimum Gasteiger partial charge on any atom is -0.482 e. The predicted molar refractivity (Wildman–Crippen MR) is 71.8 cm³/mol. The Morgan fingerprint density at radius 1 is 1.28 bits per heavy atom. The molecule has 1 aliphatic rings. The van der Waals surface area contributed by atoms with Gasteiger partial charge in [-0.25, -0.2) is 0 Å². The first-order valence-electron chi connectivity index (χ1n) is 5.28. The van der Waals surface area contributed by atoms with Gasteiger partial charge in [-0.2, -0.15) is 0 Å². The molecule has 1 aromatic rings. The summed E-state index contributed by atoms with van der Waals surface area (Å²) >= 11 is 0. The Morgan fingerprint density at radius 2 is 1.94 bits per heavy atom. The third-order valence-corrected chi connectivity index (χ3v) is 3.28. The van der Waals surface area contributed by atoms with E-state index < -0.39 is 17.7 Å². The predicted octanol–water partition coefficient (Wildman–Crippen LogP) is 0.130. The molecule has 0 spiro atoms. The third kappa shape index (κ3) is 2.26. The maximum atomic E-state index is 12.2. The maximum Gasteiger partial charge on any atom is 0.216 e. The molecule has 2 rings (SSSR count). The second-order valence-electron chi connectivity index (χ2n) is 3.78. The lowest BCUT2D eigenvalue weighted by Crippen LogP contribution is -2.32. The van der Waals surface area contributed by atoms with E-state index in [0.717, 1.165) is 10.9 Å². The average Bonchev–Trinajstić information content (AvgIpc) is 2.41. The van der Waals surface area contributed by atoms with Crippen LogP contribution < -0.4 is 16.2 Å². The van der Waals surface area contributed by atoms with E-state index in [-0.39, 0.29) is 9.98 Å². The molecule has 1 unspecified atom stereocenters. The lowest BCUT2D eigenvalue weighted by atomic mass is 10.1. The van der Waals surface area contributed by atoms with Gasteiger partial charge in [-0.05, 0) is 19.1 Å². The smallest absolute Gasteiger partial charge is 0.216 e. The summed E-state index contributed by atoms with van der Waals surface area (Å²) in [6.45, 7) is 1.59. The summed E-state index contributed by atoms with van der Waals surface area (Å²) in [7, 11) is 0.782. The van der Waals surface area contributed by atoms with E-state index in [1.54, 1.807) is 31.2 Å². The fourth-order valence-corrected chi connectivity index (χ4v) is 2.34. The van der Waals surface area contributed by atoms with Crippen molar-refractivity contribution in [3.8, 4) is 5.75 Å². The monoisotopic (exact) mass is 264 g/mol. The molecular formula is C12H12N2O3S. The number of ketones is 2. The number of hydrogen-bond donors (Lipinski definition) is 2. The summed E-state index contributed by atoms with van der Waals surface area (Å²) < 4.78 is 5.46. The molecular weight excluding hydrogens is 252 g/mol. The Balaban J connectivity index is 2.69. The summed E-state index contributed by atoms with van der Waals surface area (Å²) in [5, 5.41) is -0.0433.